The Kier molecular flexibility index (Phi) is 8.14. The lowest BCUT2D eigenvalue weighted by Crippen LogP contribution is -2.51. The molecule has 2 unspecified atom stereocenters. The van der Waals surface area contributed by atoms with Crippen LogP contribution in [0.4, 0.5) is 5.69 Å². The van der Waals surface area contributed by atoms with Crippen molar-refractivity contribution in [3.8, 4) is 23.0 Å². The highest BCUT2D eigenvalue weighted by atomic mass is 16.5. The molecule has 2 atom stereocenters. The Morgan fingerprint density at radius 3 is 2.08 bits per heavy atom. The molecule has 3 aromatic rings. The number of hydrogen-bond acceptors (Lipinski definition) is 6. The van der Waals surface area contributed by atoms with Crippen LogP contribution in [0.25, 0.3) is 0 Å². The number of anilines is 1. The van der Waals surface area contributed by atoms with Gasteiger partial charge in [-0.15, -0.1) is 0 Å². The summed E-state index contributed by atoms with van der Waals surface area (Å²) in [5.74, 6) is 1.13. The lowest BCUT2D eigenvalue weighted by atomic mass is 9.77. The van der Waals surface area contributed by atoms with Gasteiger partial charge in [-0.05, 0) is 42.2 Å². The molecule has 1 N–H and O–H groups in total. The van der Waals surface area contributed by atoms with Crippen LogP contribution in [0.1, 0.15) is 65.5 Å². The molecule has 8 nitrogen and oxygen atoms in total. The molecular weight excluding hydrogens is 508 g/mol. The summed E-state index contributed by atoms with van der Waals surface area (Å²) in [5, 5.41) is 3.10. The monoisotopic (exact) mass is 544 g/mol. The van der Waals surface area contributed by atoms with Gasteiger partial charge in [0.25, 0.3) is 5.91 Å². The van der Waals surface area contributed by atoms with Gasteiger partial charge in [0, 0.05) is 29.4 Å². The summed E-state index contributed by atoms with van der Waals surface area (Å²) < 4.78 is 21.9. The Morgan fingerprint density at radius 1 is 0.825 bits per heavy atom. The molecule has 2 amide bonds. The Morgan fingerprint density at radius 2 is 1.48 bits per heavy atom. The fraction of sp³-hybridized carbons (Fsp3) is 0.375. The predicted molar refractivity (Wildman–Crippen MR) is 153 cm³/mol. The van der Waals surface area contributed by atoms with E-state index in [0.717, 1.165) is 37.7 Å². The normalized spacial score (nSPS) is 19.0. The maximum Gasteiger partial charge on any atom is 0.254 e. The lowest BCUT2D eigenvalue weighted by Gasteiger charge is -2.46. The maximum absolute atomic E-state index is 14.3. The number of hydrogen-bond donors (Lipinski definition) is 1. The van der Waals surface area contributed by atoms with E-state index < -0.39 is 12.0 Å². The zero-order valence-electron chi connectivity index (χ0n) is 23.4. The van der Waals surface area contributed by atoms with Gasteiger partial charge in [0.2, 0.25) is 11.7 Å². The van der Waals surface area contributed by atoms with Crippen molar-refractivity contribution in [2.24, 2.45) is 0 Å². The van der Waals surface area contributed by atoms with Crippen molar-refractivity contribution in [3.63, 3.8) is 0 Å². The van der Waals surface area contributed by atoms with E-state index in [4.69, 9.17) is 18.9 Å². The molecule has 1 fully saturated rings. The summed E-state index contributed by atoms with van der Waals surface area (Å²) >= 11 is 0. The zero-order valence-corrected chi connectivity index (χ0v) is 23.4. The quantitative estimate of drug-likeness (QED) is 0.376. The molecule has 0 radical (unpaired) electrons. The van der Waals surface area contributed by atoms with Crippen molar-refractivity contribution in [2.45, 2.75) is 50.1 Å². The Labute approximate surface area is 235 Å². The van der Waals surface area contributed by atoms with Gasteiger partial charge in [0.05, 0.1) is 40.4 Å². The Balaban J connectivity index is 1.62. The summed E-state index contributed by atoms with van der Waals surface area (Å²) in [6, 6.07) is 18.1. The van der Waals surface area contributed by atoms with Crippen LogP contribution >= 0.6 is 0 Å². The van der Waals surface area contributed by atoms with E-state index in [9.17, 15) is 9.59 Å². The summed E-state index contributed by atoms with van der Waals surface area (Å²) in [4.78, 5) is 30.4. The Hall–Kier alpha value is -4.20. The van der Waals surface area contributed by atoms with Gasteiger partial charge in [0.15, 0.2) is 11.5 Å². The maximum atomic E-state index is 14.3. The number of amides is 2. The third kappa shape index (κ3) is 5.06. The second-order valence-electron chi connectivity index (χ2n) is 10.2. The lowest BCUT2D eigenvalue weighted by molar-refractivity contribution is -0.119. The van der Waals surface area contributed by atoms with Crippen LogP contribution < -0.4 is 24.3 Å². The van der Waals surface area contributed by atoms with Gasteiger partial charge in [-0.1, -0.05) is 49.6 Å². The summed E-state index contributed by atoms with van der Waals surface area (Å²) in [7, 11) is 6.23. The van der Waals surface area contributed by atoms with E-state index in [2.05, 4.69) is 5.32 Å². The van der Waals surface area contributed by atoms with Crippen molar-refractivity contribution < 1.29 is 28.5 Å². The first kappa shape index (κ1) is 27.4. The summed E-state index contributed by atoms with van der Waals surface area (Å²) in [6.07, 6.45) is 5.12. The molecule has 40 heavy (non-hydrogen) atoms. The first-order valence-electron chi connectivity index (χ1n) is 13.7. The first-order valence-corrected chi connectivity index (χ1v) is 13.7. The van der Waals surface area contributed by atoms with E-state index in [1.165, 1.54) is 21.3 Å². The highest BCUT2D eigenvalue weighted by Gasteiger charge is 2.46. The number of nitrogens with zero attached hydrogens (tertiary/aromatic N) is 1. The first-order chi connectivity index (χ1) is 19.5. The van der Waals surface area contributed by atoms with Gasteiger partial charge < -0.3 is 29.2 Å². The van der Waals surface area contributed by atoms with E-state index in [-0.39, 0.29) is 17.9 Å². The van der Waals surface area contributed by atoms with Crippen LogP contribution in [0, 0.1) is 0 Å². The fourth-order valence-electron chi connectivity index (χ4n) is 6.12. The highest BCUT2D eigenvalue weighted by molar-refractivity contribution is 6.04. The standard InChI is InChI=1S/C32H36N2O6/c1-37-23-16-14-20(15-17-23)29-28(31(35)33-21-18-26(38-2)30(40-4)27(19-21)39-3)24-12-8-9-13-25(24)32(36)34(29)22-10-6-5-7-11-22/h8-9,12-19,22,28-29H,5-7,10-11H2,1-4H3,(H,33,35). The molecule has 0 saturated heterocycles. The van der Waals surface area contributed by atoms with Gasteiger partial charge in [-0.25, -0.2) is 0 Å². The van der Waals surface area contributed by atoms with Crippen molar-refractivity contribution in [3.05, 3.63) is 77.4 Å². The topological polar surface area (TPSA) is 86.3 Å². The summed E-state index contributed by atoms with van der Waals surface area (Å²) in [5.41, 5.74) is 2.68. The molecule has 0 bridgehead atoms. The molecular formula is C32H36N2O6. The minimum Gasteiger partial charge on any atom is -0.497 e. The van der Waals surface area contributed by atoms with Crippen LogP contribution in [0.3, 0.4) is 0 Å². The van der Waals surface area contributed by atoms with Gasteiger partial charge in [0.1, 0.15) is 5.75 Å². The zero-order chi connectivity index (χ0) is 28.2. The minimum atomic E-state index is -0.650. The third-order valence-corrected chi connectivity index (χ3v) is 8.02. The van der Waals surface area contributed by atoms with Gasteiger partial charge >= 0.3 is 0 Å². The number of ether oxygens (including phenoxy) is 4. The molecule has 8 heteroatoms. The number of fused-ring (bicyclic) bond motifs is 1. The molecule has 1 heterocycles. The molecule has 0 aromatic heterocycles. The second-order valence-corrected chi connectivity index (χ2v) is 10.2. The van der Waals surface area contributed by atoms with Crippen molar-refractivity contribution >= 4 is 17.5 Å². The van der Waals surface area contributed by atoms with Crippen LogP contribution in [0.15, 0.2) is 60.7 Å². The molecule has 2 aliphatic rings. The SMILES string of the molecule is COc1ccc(C2C(C(=O)Nc3cc(OC)c(OC)c(OC)c3)c3ccccc3C(=O)N2C2CCCCC2)cc1. The average molecular weight is 545 g/mol. The van der Waals surface area contributed by atoms with Gasteiger partial charge in [-0.2, -0.15) is 0 Å². The average Bonchev–Trinajstić information content (AvgIpc) is 3.00. The number of carbonyl (C=O) groups excluding carboxylic acids is 2. The van der Waals surface area contributed by atoms with Crippen LogP contribution in [0.2, 0.25) is 0 Å². The van der Waals surface area contributed by atoms with Crippen LogP contribution in [0.5, 0.6) is 23.0 Å². The number of carbonyl (C=O) groups is 2. The number of rotatable bonds is 8. The molecule has 210 valence electrons. The molecule has 3 aromatic carbocycles. The fourth-order valence-corrected chi connectivity index (χ4v) is 6.12. The van der Waals surface area contributed by atoms with E-state index in [0.29, 0.717) is 39.8 Å². The molecule has 1 saturated carbocycles. The largest absolute Gasteiger partial charge is 0.497 e. The second kappa shape index (κ2) is 11.9. The minimum absolute atomic E-state index is 0.0276. The van der Waals surface area contributed by atoms with Crippen molar-refractivity contribution in [1.29, 1.82) is 0 Å². The van der Waals surface area contributed by atoms with E-state index in [1.807, 2.05) is 53.4 Å². The van der Waals surface area contributed by atoms with Gasteiger partial charge in [-0.3, -0.25) is 9.59 Å². The van der Waals surface area contributed by atoms with Crippen molar-refractivity contribution in [2.75, 3.05) is 33.8 Å². The molecule has 1 aliphatic carbocycles. The predicted octanol–water partition coefficient (Wildman–Crippen LogP) is 5.97. The molecule has 5 rings (SSSR count). The number of nitrogens with one attached hydrogen (secondary N) is 1. The highest BCUT2D eigenvalue weighted by Crippen LogP contribution is 2.47. The van der Waals surface area contributed by atoms with Crippen LogP contribution in [-0.2, 0) is 4.79 Å². The Bertz CT molecular complexity index is 1340. The van der Waals surface area contributed by atoms with E-state index in [1.54, 1.807) is 19.2 Å². The number of methoxy groups -OCH3 is 4. The molecule has 1 aliphatic heterocycles. The van der Waals surface area contributed by atoms with Crippen molar-refractivity contribution in [1.82, 2.24) is 4.90 Å². The van der Waals surface area contributed by atoms with E-state index >= 15 is 0 Å². The molecule has 0 spiro atoms. The number of benzene rings is 3. The van der Waals surface area contributed by atoms with Crippen LogP contribution in [-0.4, -0.2) is 51.2 Å². The smallest absolute Gasteiger partial charge is 0.254 e. The summed E-state index contributed by atoms with van der Waals surface area (Å²) in [6.45, 7) is 0. The third-order valence-electron chi connectivity index (χ3n) is 8.02.